The van der Waals surface area contributed by atoms with Crippen molar-refractivity contribution in [2.24, 2.45) is 0 Å². The molecule has 0 saturated carbocycles. The van der Waals surface area contributed by atoms with Gasteiger partial charge in [-0.05, 0) is 12.1 Å². The Labute approximate surface area is 154 Å². The molecule has 3 heterocycles. The van der Waals surface area contributed by atoms with Crippen LogP contribution in [0.2, 0.25) is 0 Å². The number of hydrogen-bond acceptors (Lipinski definition) is 6. The molecule has 3 aromatic heterocycles. The number of aromatic nitrogens is 4. The van der Waals surface area contributed by atoms with E-state index in [0.29, 0.717) is 23.9 Å². The molecule has 0 unspecified atom stereocenters. The highest BCUT2D eigenvalue weighted by Gasteiger charge is 2.18. The van der Waals surface area contributed by atoms with Gasteiger partial charge in [-0.1, -0.05) is 13.8 Å². The van der Waals surface area contributed by atoms with Crippen molar-refractivity contribution in [3.05, 3.63) is 62.7 Å². The molecule has 8 heteroatoms. The Bertz CT molecular complexity index is 965. The number of carbonyl (C=O) groups excluding carboxylic acids is 1. The van der Waals surface area contributed by atoms with Crippen molar-refractivity contribution in [1.82, 2.24) is 24.8 Å². The van der Waals surface area contributed by atoms with Gasteiger partial charge in [-0.25, -0.2) is 9.97 Å². The fourth-order valence-corrected chi connectivity index (χ4v) is 3.20. The highest BCUT2D eigenvalue weighted by Crippen LogP contribution is 2.20. The number of rotatable bonds is 5. The largest absolute Gasteiger partial charge is 0.336 e. The predicted octanol–water partition coefficient (Wildman–Crippen LogP) is 2.68. The summed E-state index contributed by atoms with van der Waals surface area (Å²) in [6.45, 7) is 4.49. The minimum Gasteiger partial charge on any atom is -0.336 e. The molecule has 26 heavy (non-hydrogen) atoms. The summed E-state index contributed by atoms with van der Waals surface area (Å²) in [4.78, 5) is 41.7. The van der Waals surface area contributed by atoms with E-state index in [1.807, 2.05) is 5.38 Å². The molecule has 134 valence electrons. The molecule has 0 aromatic carbocycles. The molecule has 0 fully saturated rings. The van der Waals surface area contributed by atoms with E-state index >= 15 is 0 Å². The maximum Gasteiger partial charge on any atom is 0.264 e. The van der Waals surface area contributed by atoms with Crippen LogP contribution in [0.5, 0.6) is 0 Å². The standard InChI is InChI=1S/C18H19N5O2S/c1-11(2)17-21-13(10-26-17)9-23(3)18(25)14-8-20-15(22-16(14)24)12-5-4-6-19-7-12/h4-8,10-11H,9H2,1-3H3,(H,20,22,24). The first kappa shape index (κ1) is 17.9. The summed E-state index contributed by atoms with van der Waals surface area (Å²) in [5.41, 5.74) is 1.02. The van der Waals surface area contributed by atoms with Gasteiger partial charge >= 0.3 is 0 Å². The van der Waals surface area contributed by atoms with Crippen molar-refractivity contribution < 1.29 is 4.79 Å². The molecule has 3 rings (SSSR count). The molecule has 0 bridgehead atoms. The number of thiazole rings is 1. The summed E-state index contributed by atoms with van der Waals surface area (Å²) in [7, 11) is 1.64. The average Bonchev–Trinajstić information content (AvgIpc) is 3.10. The molecule has 0 spiro atoms. The lowest BCUT2D eigenvalue weighted by molar-refractivity contribution is 0.0781. The number of hydrogen-bond donors (Lipinski definition) is 1. The van der Waals surface area contributed by atoms with E-state index in [1.165, 1.54) is 11.1 Å². The van der Waals surface area contributed by atoms with Crippen LogP contribution < -0.4 is 5.56 Å². The second-order valence-corrected chi connectivity index (χ2v) is 7.10. The van der Waals surface area contributed by atoms with Crippen molar-refractivity contribution in [2.75, 3.05) is 7.05 Å². The number of pyridine rings is 1. The Morgan fingerprint density at radius 3 is 2.77 bits per heavy atom. The minimum absolute atomic E-state index is 0.000507. The Morgan fingerprint density at radius 2 is 2.15 bits per heavy atom. The summed E-state index contributed by atoms with van der Waals surface area (Å²) < 4.78 is 0. The van der Waals surface area contributed by atoms with Crippen LogP contribution in [0.1, 0.15) is 40.8 Å². The van der Waals surface area contributed by atoms with Crippen molar-refractivity contribution in [2.45, 2.75) is 26.3 Å². The molecule has 0 atom stereocenters. The van der Waals surface area contributed by atoms with Gasteiger partial charge in [0.2, 0.25) is 0 Å². The van der Waals surface area contributed by atoms with Gasteiger partial charge < -0.3 is 9.88 Å². The Balaban J connectivity index is 1.77. The molecule has 0 saturated heterocycles. The molecule has 0 aliphatic carbocycles. The molecule has 0 radical (unpaired) electrons. The number of carbonyl (C=O) groups is 1. The lowest BCUT2D eigenvalue weighted by Crippen LogP contribution is -2.31. The van der Waals surface area contributed by atoms with Crippen LogP contribution in [-0.2, 0) is 6.54 Å². The van der Waals surface area contributed by atoms with E-state index in [-0.39, 0.29) is 5.56 Å². The number of nitrogens with zero attached hydrogens (tertiary/aromatic N) is 4. The van der Waals surface area contributed by atoms with E-state index in [0.717, 1.165) is 10.7 Å². The molecule has 0 aliphatic rings. The number of aromatic amines is 1. The lowest BCUT2D eigenvalue weighted by Gasteiger charge is -2.15. The topological polar surface area (TPSA) is 91.8 Å². The van der Waals surface area contributed by atoms with E-state index in [9.17, 15) is 9.59 Å². The van der Waals surface area contributed by atoms with Gasteiger partial charge in [0, 0.05) is 42.5 Å². The normalized spacial score (nSPS) is 10.9. The Hall–Kier alpha value is -2.87. The van der Waals surface area contributed by atoms with Gasteiger partial charge in [-0.15, -0.1) is 11.3 Å². The second kappa shape index (κ2) is 7.57. The predicted molar refractivity (Wildman–Crippen MR) is 100 cm³/mol. The van der Waals surface area contributed by atoms with Gasteiger partial charge in [0.25, 0.3) is 11.5 Å². The zero-order valence-electron chi connectivity index (χ0n) is 14.8. The van der Waals surface area contributed by atoms with Crippen LogP contribution in [0.4, 0.5) is 0 Å². The molecule has 1 N–H and O–H groups in total. The van der Waals surface area contributed by atoms with Gasteiger partial charge in [-0.3, -0.25) is 14.6 Å². The third-order valence-corrected chi connectivity index (χ3v) is 4.97. The fraction of sp³-hybridized carbons (Fsp3) is 0.278. The van der Waals surface area contributed by atoms with Gasteiger partial charge in [0.1, 0.15) is 11.4 Å². The van der Waals surface area contributed by atoms with Gasteiger partial charge in [0.05, 0.1) is 17.2 Å². The summed E-state index contributed by atoms with van der Waals surface area (Å²) in [6.07, 6.45) is 4.54. The zero-order chi connectivity index (χ0) is 18.7. The van der Waals surface area contributed by atoms with Crippen LogP contribution in [0.25, 0.3) is 11.4 Å². The quantitative estimate of drug-likeness (QED) is 0.746. The third-order valence-electron chi connectivity index (χ3n) is 3.77. The van der Waals surface area contributed by atoms with E-state index in [1.54, 1.807) is 42.9 Å². The fourth-order valence-electron chi connectivity index (χ4n) is 2.38. The Kier molecular flexibility index (Phi) is 5.22. The molecule has 7 nitrogen and oxygen atoms in total. The molecule has 0 aliphatic heterocycles. The minimum atomic E-state index is -0.475. The number of H-pyrrole nitrogens is 1. The first-order chi connectivity index (χ1) is 12.5. The average molecular weight is 369 g/mol. The van der Waals surface area contributed by atoms with Crippen LogP contribution in [-0.4, -0.2) is 37.8 Å². The molecular formula is C18H19N5O2S. The number of nitrogens with one attached hydrogen (secondary N) is 1. The highest BCUT2D eigenvalue weighted by atomic mass is 32.1. The molecular weight excluding hydrogens is 350 g/mol. The van der Waals surface area contributed by atoms with Crippen molar-refractivity contribution >= 4 is 17.2 Å². The summed E-state index contributed by atoms with van der Waals surface area (Å²) in [5, 5.41) is 2.97. The Morgan fingerprint density at radius 1 is 1.35 bits per heavy atom. The summed E-state index contributed by atoms with van der Waals surface area (Å²) >= 11 is 1.57. The maximum atomic E-state index is 12.6. The van der Waals surface area contributed by atoms with Crippen molar-refractivity contribution in [3.8, 4) is 11.4 Å². The van der Waals surface area contributed by atoms with Crippen LogP contribution in [0.15, 0.2) is 40.9 Å². The first-order valence-corrected chi connectivity index (χ1v) is 9.03. The monoisotopic (exact) mass is 369 g/mol. The molecule has 1 amide bonds. The van der Waals surface area contributed by atoms with E-state index in [2.05, 4.69) is 33.8 Å². The van der Waals surface area contributed by atoms with E-state index < -0.39 is 11.5 Å². The SMILES string of the molecule is CC(C)c1nc(CN(C)C(=O)c2cnc(-c3cccnc3)[nH]c2=O)cs1. The van der Waals surface area contributed by atoms with Gasteiger partial charge in [-0.2, -0.15) is 0 Å². The van der Waals surface area contributed by atoms with E-state index in [4.69, 9.17) is 0 Å². The lowest BCUT2D eigenvalue weighted by atomic mass is 10.2. The van der Waals surface area contributed by atoms with Crippen LogP contribution >= 0.6 is 11.3 Å². The zero-order valence-corrected chi connectivity index (χ0v) is 15.6. The molecule has 3 aromatic rings. The summed E-state index contributed by atoms with van der Waals surface area (Å²) in [6, 6.07) is 3.54. The third kappa shape index (κ3) is 3.85. The van der Waals surface area contributed by atoms with Crippen LogP contribution in [0, 0.1) is 0 Å². The first-order valence-electron chi connectivity index (χ1n) is 8.15. The highest BCUT2D eigenvalue weighted by molar-refractivity contribution is 7.09. The van der Waals surface area contributed by atoms with Crippen molar-refractivity contribution in [3.63, 3.8) is 0 Å². The van der Waals surface area contributed by atoms with Gasteiger partial charge in [0.15, 0.2) is 0 Å². The maximum absolute atomic E-state index is 12.6. The summed E-state index contributed by atoms with van der Waals surface area (Å²) in [5.74, 6) is 0.334. The second-order valence-electron chi connectivity index (χ2n) is 6.21. The smallest absolute Gasteiger partial charge is 0.264 e. The van der Waals surface area contributed by atoms with Crippen molar-refractivity contribution in [1.29, 1.82) is 0 Å². The number of amides is 1. The van der Waals surface area contributed by atoms with Crippen LogP contribution in [0.3, 0.4) is 0 Å².